The summed E-state index contributed by atoms with van der Waals surface area (Å²) >= 11 is 6.60. The van der Waals surface area contributed by atoms with E-state index in [9.17, 15) is 18.0 Å². The Kier molecular flexibility index (Phi) is 8.31. The maximum Gasteiger partial charge on any atom is 0.490 e. The number of anilines is 1. The molecule has 1 aliphatic heterocycles. The van der Waals surface area contributed by atoms with E-state index in [4.69, 9.17) is 26.2 Å². The normalized spacial score (nSPS) is 14.3. The number of fused-ring (bicyclic) bond motifs is 1. The summed E-state index contributed by atoms with van der Waals surface area (Å²) in [4.78, 5) is 38.3. The van der Waals surface area contributed by atoms with Gasteiger partial charge < -0.3 is 30.4 Å². The average Bonchev–Trinajstić information content (AvgIpc) is 3.30. The third-order valence-electron chi connectivity index (χ3n) is 5.83. The molecule has 1 fully saturated rings. The van der Waals surface area contributed by atoms with Crippen molar-refractivity contribution in [2.75, 3.05) is 32.6 Å². The van der Waals surface area contributed by atoms with Crippen molar-refractivity contribution in [2.24, 2.45) is 0 Å². The summed E-state index contributed by atoms with van der Waals surface area (Å²) in [6.45, 7) is 5.25. The molecule has 200 valence electrons. The summed E-state index contributed by atoms with van der Waals surface area (Å²) in [5.41, 5.74) is 4.27. The van der Waals surface area contributed by atoms with Crippen molar-refractivity contribution in [2.45, 2.75) is 32.0 Å². The standard InChI is InChI=1S/C20H24ClN7O2.C2HF3O2/c1-10-14(21)5-13(11(2)27-19-16-18(24-8-23-16)25-9-26-19)17(30-4)15(10)12-6-28(7-12)20(29)22-3;3-2(4,5)1(6)7/h5,8-9,11-12H,6-7H2,1-4H3,(H,22,29)(H2,23,24,25,26,27);(H,6,7). The van der Waals surface area contributed by atoms with Crippen LogP contribution < -0.4 is 15.4 Å². The van der Waals surface area contributed by atoms with Crippen LogP contribution >= 0.6 is 11.6 Å². The molecule has 2 aromatic heterocycles. The molecule has 1 saturated heterocycles. The molecule has 37 heavy (non-hydrogen) atoms. The summed E-state index contributed by atoms with van der Waals surface area (Å²) in [5, 5.41) is 13.9. The van der Waals surface area contributed by atoms with Crippen LogP contribution in [0.5, 0.6) is 5.75 Å². The van der Waals surface area contributed by atoms with Crippen LogP contribution in [0.1, 0.15) is 35.6 Å². The summed E-state index contributed by atoms with van der Waals surface area (Å²) in [7, 11) is 3.30. The van der Waals surface area contributed by atoms with Gasteiger partial charge in [-0.25, -0.2) is 24.5 Å². The summed E-state index contributed by atoms with van der Waals surface area (Å²) in [6.07, 6.45) is -2.01. The molecule has 15 heteroatoms. The van der Waals surface area contributed by atoms with E-state index in [0.29, 0.717) is 35.1 Å². The molecule has 3 aromatic rings. The largest absolute Gasteiger partial charge is 0.496 e. The Balaban J connectivity index is 0.000000479. The fourth-order valence-corrected chi connectivity index (χ4v) is 4.16. The molecule has 0 saturated carbocycles. The Morgan fingerprint density at radius 3 is 2.51 bits per heavy atom. The van der Waals surface area contributed by atoms with Crippen molar-refractivity contribution in [3.63, 3.8) is 0 Å². The van der Waals surface area contributed by atoms with Crippen molar-refractivity contribution >= 4 is 40.6 Å². The first-order valence-electron chi connectivity index (χ1n) is 10.9. The lowest BCUT2D eigenvalue weighted by molar-refractivity contribution is -0.192. The number of aromatic amines is 1. The van der Waals surface area contributed by atoms with Crippen LogP contribution in [-0.2, 0) is 4.79 Å². The average molecular weight is 544 g/mol. The molecule has 11 nitrogen and oxygen atoms in total. The number of aromatic nitrogens is 4. The third kappa shape index (κ3) is 5.96. The van der Waals surface area contributed by atoms with E-state index in [-0.39, 0.29) is 18.0 Å². The van der Waals surface area contributed by atoms with Gasteiger partial charge >= 0.3 is 18.2 Å². The number of aliphatic carboxylic acids is 1. The number of H-pyrrole nitrogens is 1. The number of carbonyl (C=O) groups is 2. The molecule has 0 bridgehead atoms. The van der Waals surface area contributed by atoms with Crippen molar-refractivity contribution in [3.8, 4) is 5.75 Å². The molecule has 0 spiro atoms. The number of alkyl halides is 3. The quantitative estimate of drug-likeness (QED) is 0.379. The molecule has 4 N–H and O–H groups in total. The maximum absolute atomic E-state index is 11.9. The van der Waals surface area contributed by atoms with Crippen LogP contribution in [0.2, 0.25) is 5.02 Å². The Hall–Kier alpha value is -3.81. The van der Waals surface area contributed by atoms with Crippen LogP contribution in [0.25, 0.3) is 11.2 Å². The van der Waals surface area contributed by atoms with Gasteiger partial charge in [0.2, 0.25) is 0 Å². The molecule has 1 atom stereocenters. The smallest absolute Gasteiger partial charge is 0.490 e. The zero-order chi connectivity index (χ0) is 27.5. The van der Waals surface area contributed by atoms with E-state index in [1.165, 1.54) is 6.33 Å². The van der Waals surface area contributed by atoms with E-state index in [2.05, 4.69) is 30.6 Å². The number of halogens is 4. The first-order chi connectivity index (χ1) is 17.4. The highest BCUT2D eigenvalue weighted by Crippen LogP contribution is 2.43. The van der Waals surface area contributed by atoms with Gasteiger partial charge in [-0.2, -0.15) is 13.2 Å². The number of amides is 2. The van der Waals surface area contributed by atoms with Crippen molar-refractivity contribution in [3.05, 3.63) is 40.4 Å². The number of carbonyl (C=O) groups excluding carboxylic acids is 1. The number of hydrogen-bond donors (Lipinski definition) is 4. The van der Waals surface area contributed by atoms with E-state index >= 15 is 0 Å². The fraction of sp³-hybridized carbons (Fsp3) is 0.409. The van der Waals surface area contributed by atoms with Gasteiger partial charge in [0.1, 0.15) is 17.6 Å². The third-order valence-corrected chi connectivity index (χ3v) is 6.22. The molecular formula is C22H25ClF3N7O4. The number of ether oxygens (including phenoxy) is 1. The topological polar surface area (TPSA) is 145 Å². The minimum Gasteiger partial charge on any atom is -0.496 e. The van der Waals surface area contributed by atoms with E-state index in [1.54, 1.807) is 25.4 Å². The van der Waals surface area contributed by atoms with Crippen molar-refractivity contribution in [1.29, 1.82) is 0 Å². The number of likely N-dealkylation sites (tertiary alicyclic amines) is 1. The highest BCUT2D eigenvalue weighted by Gasteiger charge is 2.38. The number of nitrogens with one attached hydrogen (secondary N) is 3. The molecule has 3 heterocycles. The molecule has 4 rings (SSSR count). The number of methoxy groups -OCH3 is 1. The van der Waals surface area contributed by atoms with Gasteiger partial charge in [-0.15, -0.1) is 0 Å². The van der Waals surface area contributed by atoms with E-state index < -0.39 is 12.1 Å². The minimum atomic E-state index is -5.08. The molecular weight excluding hydrogens is 519 g/mol. The Bertz CT molecular complexity index is 1300. The highest BCUT2D eigenvalue weighted by molar-refractivity contribution is 6.31. The number of rotatable bonds is 5. The van der Waals surface area contributed by atoms with Crippen LogP contribution in [0.15, 0.2) is 18.7 Å². The first-order valence-corrected chi connectivity index (χ1v) is 11.3. The number of urea groups is 1. The number of carboxylic acid groups (broad SMARTS) is 1. The Morgan fingerprint density at radius 1 is 1.30 bits per heavy atom. The maximum atomic E-state index is 11.9. The number of hydrogen-bond acceptors (Lipinski definition) is 7. The van der Waals surface area contributed by atoms with E-state index in [0.717, 1.165) is 22.4 Å². The monoisotopic (exact) mass is 543 g/mol. The van der Waals surface area contributed by atoms with Crippen LogP contribution in [-0.4, -0.2) is 75.4 Å². The number of carboxylic acids is 1. The minimum absolute atomic E-state index is 0.0769. The predicted octanol–water partition coefficient (Wildman–Crippen LogP) is 3.87. The SMILES string of the molecule is CNC(=O)N1CC(c2c(C)c(Cl)cc(C(C)Nc3ncnc4[nH]cnc34)c2OC)C1.O=C(O)C(F)(F)F. The van der Waals surface area contributed by atoms with Gasteiger partial charge in [-0.3, -0.25) is 0 Å². The van der Waals surface area contributed by atoms with E-state index in [1.807, 2.05) is 19.9 Å². The van der Waals surface area contributed by atoms with Gasteiger partial charge in [-0.1, -0.05) is 11.6 Å². The van der Waals surface area contributed by atoms with Gasteiger partial charge in [0, 0.05) is 42.2 Å². The molecule has 1 aliphatic rings. The zero-order valence-corrected chi connectivity index (χ0v) is 21.0. The molecule has 0 aliphatic carbocycles. The van der Waals surface area contributed by atoms with Crippen molar-refractivity contribution < 1.29 is 32.6 Å². The second-order valence-electron chi connectivity index (χ2n) is 8.17. The zero-order valence-electron chi connectivity index (χ0n) is 20.3. The van der Waals surface area contributed by atoms with Gasteiger partial charge in [0.25, 0.3) is 0 Å². The second kappa shape index (κ2) is 11.1. The molecule has 2 amide bonds. The molecule has 1 aromatic carbocycles. The summed E-state index contributed by atoms with van der Waals surface area (Å²) in [6, 6.07) is 1.70. The van der Waals surface area contributed by atoms with Gasteiger partial charge in [0.15, 0.2) is 11.5 Å². The fourth-order valence-electron chi connectivity index (χ4n) is 3.94. The Morgan fingerprint density at radius 2 is 1.95 bits per heavy atom. The summed E-state index contributed by atoms with van der Waals surface area (Å²) in [5.74, 6) is -1.18. The second-order valence-corrected chi connectivity index (χ2v) is 8.57. The van der Waals surface area contributed by atoms with Gasteiger partial charge in [0.05, 0.1) is 19.5 Å². The predicted molar refractivity (Wildman–Crippen MR) is 129 cm³/mol. The highest BCUT2D eigenvalue weighted by atomic mass is 35.5. The van der Waals surface area contributed by atoms with Crippen LogP contribution in [0.4, 0.5) is 23.8 Å². The van der Waals surface area contributed by atoms with Crippen LogP contribution in [0, 0.1) is 6.92 Å². The molecule has 1 unspecified atom stereocenters. The number of imidazole rings is 1. The summed E-state index contributed by atoms with van der Waals surface area (Å²) < 4.78 is 37.6. The number of nitrogens with zero attached hydrogens (tertiary/aromatic N) is 4. The van der Waals surface area contributed by atoms with Crippen LogP contribution in [0.3, 0.4) is 0 Å². The lowest BCUT2D eigenvalue weighted by Gasteiger charge is -2.40. The molecule has 0 radical (unpaired) electrons. The lowest BCUT2D eigenvalue weighted by atomic mass is 9.85. The number of benzene rings is 1. The Labute approximate surface area is 214 Å². The van der Waals surface area contributed by atoms with Gasteiger partial charge in [-0.05, 0) is 25.5 Å². The first kappa shape index (κ1) is 27.8. The lowest BCUT2D eigenvalue weighted by Crippen LogP contribution is -2.52. The van der Waals surface area contributed by atoms with Crippen molar-refractivity contribution in [1.82, 2.24) is 30.2 Å².